The molecular weight excluding hydrogens is 332 g/mol. The Bertz CT molecular complexity index is 863. The van der Waals surface area contributed by atoms with Crippen molar-refractivity contribution in [1.82, 2.24) is 0 Å². The van der Waals surface area contributed by atoms with Crippen molar-refractivity contribution >= 4 is 21.6 Å². The normalized spacial score (nSPS) is 13.0. The summed E-state index contributed by atoms with van der Waals surface area (Å²) in [5.41, 5.74) is 6.26. The van der Waals surface area contributed by atoms with Crippen molar-refractivity contribution in [2.45, 2.75) is 11.3 Å². The van der Waals surface area contributed by atoms with Crippen molar-refractivity contribution in [3.8, 4) is 11.5 Å². The average molecular weight is 348 g/mol. The first-order chi connectivity index (χ1) is 11.4. The number of hydrogen-bond acceptors (Lipinski definition) is 5. The Hall–Kier alpha value is -2.74. The fourth-order valence-electron chi connectivity index (χ4n) is 2.32. The first kappa shape index (κ1) is 16.1. The van der Waals surface area contributed by atoms with Gasteiger partial charge in [0.15, 0.2) is 6.61 Å². The highest BCUT2D eigenvalue weighted by molar-refractivity contribution is 7.92. The Morgan fingerprint density at radius 2 is 1.96 bits per heavy atom. The molecular formula is C16H16N2O5S. The third-order valence-electron chi connectivity index (χ3n) is 3.46. The van der Waals surface area contributed by atoms with Crippen molar-refractivity contribution in [3.63, 3.8) is 0 Å². The van der Waals surface area contributed by atoms with E-state index >= 15 is 0 Å². The minimum Gasteiger partial charge on any atom is -0.493 e. The van der Waals surface area contributed by atoms with Crippen LogP contribution in [0.4, 0.5) is 5.69 Å². The van der Waals surface area contributed by atoms with Crippen LogP contribution in [0.15, 0.2) is 47.4 Å². The molecule has 0 spiro atoms. The summed E-state index contributed by atoms with van der Waals surface area (Å²) in [4.78, 5) is 10.8. The molecule has 1 amide bonds. The van der Waals surface area contributed by atoms with Crippen LogP contribution in [0.25, 0.3) is 0 Å². The average Bonchev–Trinajstić information content (AvgIpc) is 3.01. The zero-order valence-corrected chi connectivity index (χ0v) is 13.5. The third kappa shape index (κ3) is 3.60. The molecule has 7 nitrogen and oxygen atoms in total. The predicted molar refractivity (Wildman–Crippen MR) is 87.6 cm³/mol. The van der Waals surface area contributed by atoms with Gasteiger partial charge in [0.05, 0.1) is 11.5 Å². The molecule has 1 aliphatic rings. The topological polar surface area (TPSA) is 108 Å². The largest absolute Gasteiger partial charge is 0.493 e. The molecule has 0 radical (unpaired) electrons. The zero-order chi connectivity index (χ0) is 17.2. The lowest BCUT2D eigenvalue weighted by molar-refractivity contribution is -0.119. The molecule has 24 heavy (non-hydrogen) atoms. The van der Waals surface area contributed by atoms with E-state index in [-0.39, 0.29) is 11.5 Å². The molecule has 8 heteroatoms. The maximum Gasteiger partial charge on any atom is 0.261 e. The van der Waals surface area contributed by atoms with E-state index in [0.29, 0.717) is 24.5 Å². The monoisotopic (exact) mass is 348 g/mol. The van der Waals surface area contributed by atoms with Crippen molar-refractivity contribution in [2.24, 2.45) is 5.73 Å². The molecule has 0 atom stereocenters. The van der Waals surface area contributed by atoms with Crippen LogP contribution < -0.4 is 19.9 Å². The van der Waals surface area contributed by atoms with Gasteiger partial charge >= 0.3 is 0 Å². The molecule has 1 heterocycles. The second-order valence-electron chi connectivity index (χ2n) is 5.25. The summed E-state index contributed by atoms with van der Waals surface area (Å²) >= 11 is 0. The van der Waals surface area contributed by atoms with Gasteiger partial charge in [-0.25, -0.2) is 8.42 Å². The Balaban J connectivity index is 1.73. The third-order valence-corrected chi connectivity index (χ3v) is 4.84. The Morgan fingerprint density at radius 1 is 1.21 bits per heavy atom. The number of anilines is 1. The quantitative estimate of drug-likeness (QED) is 0.818. The van der Waals surface area contributed by atoms with Gasteiger partial charge < -0.3 is 15.2 Å². The van der Waals surface area contributed by atoms with Crippen molar-refractivity contribution < 1.29 is 22.7 Å². The van der Waals surface area contributed by atoms with E-state index in [0.717, 1.165) is 11.3 Å². The fourth-order valence-corrected chi connectivity index (χ4v) is 3.43. The van der Waals surface area contributed by atoms with Crippen LogP contribution in [-0.4, -0.2) is 27.5 Å². The van der Waals surface area contributed by atoms with E-state index in [1.807, 2.05) is 0 Å². The van der Waals surface area contributed by atoms with Gasteiger partial charge in [-0.2, -0.15) is 0 Å². The lowest BCUT2D eigenvalue weighted by Gasteiger charge is -2.10. The van der Waals surface area contributed by atoms with Crippen molar-refractivity contribution in [3.05, 3.63) is 48.0 Å². The van der Waals surface area contributed by atoms with Gasteiger partial charge in [-0.3, -0.25) is 9.52 Å². The number of nitrogens with one attached hydrogen (secondary N) is 1. The molecule has 0 bridgehead atoms. The Kier molecular flexibility index (Phi) is 4.30. The number of sulfonamides is 1. The van der Waals surface area contributed by atoms with Gasteiger partial charge in [-0.1, -0.05) is 0 Å². The Labute approximate surface area is 139 Å². The van der Waals surface area contributed by atoms with E-state index in [9.17, 15) is 13.2 Å². The second-order valence-corrected chi connectivity index (χ2v) is 6.94. The Morgan fingerprint density at radius 3 is 2.67 bits per heavy atom. The smallest absolute Gasteiger partial charge is 0.261 e. The number of amides is 1. The molecule has 0 aromatic heterocycles. The fraction of sp³-hybridized carbons (Fsp3) is 0.188. The minimum absolute atomic E-state index is 0.181. The molecule has 0 unspecified atom stereocenters. The number of nitrogens with two attached hydrogens (primary N) is 1. The zero-order valence-electron chi connectivity index (χ0n) is 12.7. The molecule has 3 rings (SSSR count). The minimum atomic E-state index is -3.69. The number of ether oxygens (including phenoxy) is 2. The summed E-state index contributed by atoms with van der Waals surface area (Å²) in [6, 6.07) is 11.0. The van der Waals surface area contributed by atoms with E-state index in [4.69, 9.17) is 15.2 Å². The standard InChI is InChI=1S/C16H16N2O5S/c17-16(19)10-23-13-3-1-12(2-4-13)18-24(20,21)14-5-6-15-11(9-14)7-8-22-15/h1-6,9,18H,7-8,10H2,(H2,17,19). The summed E-state index contributed by atoms with van der Waals surface area (Å²) in [5.74, 6) is 0.566. The number of hydrogen-bond donors (Lipinski definition) is 2. The molecule has 2 aromatic carbocycles. The summed E-state index contributed by atoms with van der Waals surface area (Å²) in [6.45, 7) is 0.335. The van der Waals surface area contributed by atoms with Crippen LogP contribution in [0.5, 0.6) is 11.5 Å². The maximum atomic E-state index is 12.5. The molecule has 0 saturated heterocycles. The molecule has 0 saturated carbocycles. The van der Waals surface area contributed by atoms with Crippen molar-refractivity contribution in [2.75, 3.05) is 17.9 Å². The lowest BCUT2D eigenvalue weighted by Crippen LogP contribution is -2.20. The summed E-state index contributed by atoms with van der Waals surface area (Å²) < 4.78 is 37.9. The number of carbonyl (C=O) groups is 1. The van der Waals surface area contributed by atoms with Gasteiger partial charge in [-0.05, 0) is 48.0 Å². The van der Waals surface area contributed by atoms with E-state index in [1.165, 1.54) is 6.07 Å². The molecule has 3 N–H and O–H groups in total. The van der Waals surface area contributed by atoms with Crippen molar-refractivity contribution in [1.29, 1.82) is 0 Å². The second kappa shape index (κ2) is 6.40. The molecule has 1 aliphatic heterocycles. The predicted octanol–water partition coefficient (Wildman–Crippen LogP) is 1.29. The first-order valence-corrected chi connectivity index (χ1v) is 8.72. The van der Waals surface area contributed by atoms with Crippen LogP contribution in [0.2, 0.25) is 0 Å². The van der Waals surface area contributed by atoms with E-state index in [1.54, 1.807) is 36.4 Å². The number of fused-ring (bicyclic) bond motifs is 1. The molecule has 0 aliphatic carbocycles. The van der Waals surface area contributed by atoms with Gasteiger partial charge in [0.2, 0.25) is 0 Å². The highest BCUT2D eigenvalue weighted by atomic mass is 32.2. The molecule has 2 aromatic rings. The number of rotatable bonds is 6. The van der Waals surface area contributed by atoms with Crippen LogP contribution >= 0.6 is 0 Å². The van der Waals surface area contributed by atoms with Gasteiger partial charge in [0.1, 0.15) is 11.5 Å². The number of carbonyl (C=O) groups excluding carboxylic acids is 1. The van der Waals surface area contributed by atoms with Crippen LogP contribution in [-0.2, 0) is 21.2 Å². The van der Waals surface area contributed by atoms with Crippen LogP contribution in [0.1, 0.15) is 5.56 Å². The maximum absolute atomic E-state index is 12.5. The van der Waals surface area contributed by atoms with Crippen LogP contribution in [0.3, 0.4) is 0 Å². The molecule has 0 fully saturated rings. The summed E-state index contributed by atoms with van der Waals surface area (Å²) in [5, 5.41) is 0. The first-order valence-electron chi connectivity index (χ1n) is 7.24. The molecule has 126 valence electrons. The number of primary amides is 1. The van der Waals surface area contributed by atoms with Gasteiger partial charge in [0.25, 0.3) is 15.9 Å². The van der Waals surface area contributed by atoms with E-state index in [2.05, 4.69) is 4.72 Å². The number of benzene rings is 2. The summed E-state index contributed by atoms with van der Waals surface area (Å²) in [6.07, 6.45) is 0.699. The highest BCUT2D eigenvalue weighted by Crippen LogP contribution is 2.28. The van der Waals surface area contributed by atoms with Gasteiger partial charge in [-0.15, -0.1) is 0 Å². The summed E-state index contributed by atoms with van der Waals surface area (Å²) in [7, 11) is -3.69. The van der Waals surface area contributed by atoms with Crippen LogP contribution in [0, 0.1) is 0 Å². The SMILES string of the molecule is NC(=O)COc1ccc(NS(=O)(=O)c2ccc3c(c2)CCO3)cc1. The van der Waals surface area contributed by atoms with Gasteiger partial charge in [0, 0.05) is 12.1 Å². The van der Waals surface area contributed by atoms with E-state index < -0.39 is 15.9 Å². The highest BCUT2D eigenvalue weighted by Gasteiger charge is 2.19. The lowest BCUT2D eigenvalue weighted by atomic mass is 10.2.